The highest BCUT2D eigenvalue weighted by Gasteiger charge is 2.15. The van der Waals surface area contributed by atoms with Crippen LogP contribution in [0.15, 0.2) is 23.7 Å². The number of aromatic nitrogens is 1. The van der Waals surface area contributed by atoms with Crippen molar-refractivity contribution in [3.05, 3.63) is 50.6 Å². The molecule has 0 aliphatic heterocycles. The van der Waals surface area contributed by atoms with Gasteiger partial charge in [-0.1, -0.05) is 12.1 Å². The van der Waals surface area contributed by atoms with Crippen LogP contribution in [-0.4, -0.2) is 21.0 Å². The van der Waals surface area contributed by atoms with Crippen molar-refractivity contribution in [1.82, 2.24) is 4.98 Å². The number of benzene rings is 1. The van der Waals surface area contributed by atoms with E-state index in [9.17, 15) is 14.9 Å². The molecule has 20 heavy (non-hydrogen) atoms. The Morgan fingerprint density at radius 2 is 2.30 bits per heavy atom. The Balaban J connectivity index is 2.19. The first kappa shape index (κ1) is 13.9. The summed E-state index contributed by atoms with van der Waals surface area (Å²) < 4.78 is 0. The molecule has 0 amide bonds. The van der Waals surface area contributed by atoms with Gasteiger partial charge in [0.2, 0.25) is 0 Å². The number of hydrogen-bond acceptors (Lipinski definition) is 6. The average molecular weight is 293 g/mol. The van der Waals surface area contributed by atoms with Gasteiger partial charge in [-0.3, -0.25) is 10.1 Å². The minimum atomic E-state index is -1.11. The monoisotopic (exact) mass is 293 g/mol. The molecular weight excluding hydrogens is 282 g/mol. The van der Waals surface area contributed by atoms with Crippen LogP contribution in [0, 0.1) is 17.0 Å². The maximum Gasteiger partial charge on any atom is 0.357 e. The van der Waals surface area contributed by atoms with Gasteiger partial charge in [-0.15, -0.1) is 11.3 Å². The third-order valence-electron chi connectivity index (χ3n) is 2.82. The summed E-state index contributed by atoms with van der Waals surface area (Å²) in [4.78, 5) is 25.1. The number of carboxylic acids is 1. The van der Waals surface area contributed by atoms with Gasteiger partial charge in [0.15, 0.2) is 5.69 Å². The smallest absolute Gasteiger partial charge is 0.357 e. The molecule has 0 atom stereocenters. The number of nitrogens with one attached hydrogen (secondary N) is 1. The highest BCUT2D eigenvalue weighted by atomic mass is 32.1. The second kappa shape index (κ2) is 5.66. The molecule has 2 N–H and O–H groups in total. The number of aromatic carboxylic acids is 1. The highest BCUT2D eigenvalue weighted by molar-refractivity contribution is 7.14. The van der Waals surface area contributed by atoms with Crippen LogP contribution in [0.3, 0.4) is 0 Å². The van der Waals surface area contributed by atoms with Crippen molar-refractivity contribution < 1.29 is 14.8 Å². The fourth-order valence-electron chi connectivity index (χ4n) is 1.76. The summed E-state index contributed by atoms with van der Waals surface area (Å²) in [7, 11) is 0. The van der Waals surface area contributed by atoms with E-state index in [1.807, 2.05) is 0 Å². The Bertz CT molecular complexity index is 668. The summed E-state index contributed by atoms with van der Waals surface area (Å²) in [5, 5.41) is 23.2. The SMILES string of the molecule is Cc1c(CNc2scnc2C(=O)O)cccc1[N+](=O)[O-]. The molecule has 8 heteroatoms. The lowest BCUT2D eigenvalue weighted by atomic mass is 10.1. The van der Waals surface area contributed by atoms with Gasteiger partial charge >= 0.3 is 5.97 Å². The highest BCUT2D eigenvalue weighted by Crippen LogP contribution is 2.24. The molecular formula is C12H11N3O4S. The molecule has 7 nitrogen and oxygen atoms in total. The van der Waals surface area contributed by atoms with Crippen LogP contribution >= 0.6 is 11.3 Å². The molecule has 0 saturated heterocycles. The molecule has 1 aromatic carbocycles. The summed E-state index contributed by atoms with van der Waals surface area (Å²) in [6, 6.07) is 4.80. The van der Waals surface area contributed by atoms with Crippen molar-refractivity contribution in [2.75, 3.05) is 5.32 Å². The summed E-state index contributed by atoms with van der Waals surface area (Å²) in [5.74, 6) is -1.11. The molecule has 0 spiro atoms. The van der Waals surface area contributed by atoms with Crippen molar-refractivity contribution in [3.8, 4) is 0 Å². The Labute approximate surface area is 118 Å². The first-order chi connectivity index (χ1) is 9.50. The Morgan fingerprint density at radius 1 is 1.55 bits per heavy atom. The van der Waals surface area contributed by atoms with Gasteiger partial charge in [-0.25, -0.2) is 9.78 Å². The molecule has 0 aliphatic carbocycles. The normalized spacial score (nSPS) is 10.2. The number of carboxylic acid groups (broad SMARTS) is 1. The van der Waals surface area contributed by atoms with Gasteiger partial charge in [0.25, 0.3) is 5.69 Å². The standard InChI is InChI=1S/C12H11N3O4S/c1-7-8(3-2-4-9(7)15(18)19)5-13-11-10(12(16)17)14-6-20-11/h2-4,6,13H,5H2,1H3,(H,16,17). The zero-order valence-corrected chi connectivity index (χ0v) is 11.3. The number of carbonyl (C=O) groups is 1. The third-order valence-corrected chi connectivity index (χ3v) is 3.61. The molecule has 0 bridgehead atoms. The fourth-order valence-corrected chi connectivity index (χ4v) is 2.43. The molecule has 0 aliphatic rings. The number of rotatable bonds is 5. The quantitative estimate of drug-likeness (QED) is 0.648. The van der Waals surface area contributed by atoms with Crippen LogP contribution in [0.25, 0.3) is 0 Å². The molecule has 0 unspecified atom stereocenters. The summed E-state index contributed by atoms with van der Waals surface area (Å²) in [6.07, 6.45) is 0. The van der Waals surface area contributed by atoms with Gasteiger partial charge < -0.3 is 10.4 Å². The first-order valence-electron chi connectivity index (χ1n) is 5.64. The maximum atomic E-state index is 10.9. The lowest BCUT2D eigenvalue weighted by molar-refractivity contribution is -0.385. The lowest BCUT2D eigenvalue weighted by Crippen LogP contribution is -2.06. The molecule has 1 heterocycles. The van der Waals surface area contributed by atoms with E-state index in [0.717, 1.165) is 5.56 Å². The number of anilines is 1. The number of nitro groups is 1. The largest absolute Gasteiger partial charge is 0.476 e. The zero-order chi connectivity index (χ0) is 14.7. The number of nitrogens with zero attached hydrogens (tertiary/aromatic N) is 2. The van der Waals surface area contributed by atoms with E-state index in [-0.39, 0.29) is 11.4 Å². The molecule has 0 radical (unpaired) electrons. The molecule has 2 aromatic rings. The topological polar surface area (TPSA) is 105 Å². The average Bonchev–Trinajstić information content (AvgIpc) is 2.85. The minimum Gasteiger partial charge on any atom is -0.476 e. The van der Waals surface area contributed by atoms with E-state index in [1.165, 1.54) is 22.9 Å². The van der Waals surface area contributed by atoms with E-state index >= 15 is 0 Å². The molecule has 0 saturated carbocycles. The first-order valence-corrected chi connectivity index (χ1v) is 6.52. The summed E-state index contributed by atoms with van der Waals surface area (Å²) in [6.45, 7) is 1.97. The van der Waals surface area contributed by atoms with E-state index in [2.05, 4.69) is 10.3 Å². The van der Waals surface area contributed by atoms with E-state index in [1.54, 1.807) is 19.1 Å². The minimum absolute atomic E-state index is 0.0434. The predicted molar refractivity (Wildman–Crippen MR) is 74.2 cm³/mol. The third kappa shape index (κ3) is 2.75. The molecule has 0 fully saturated rings. The molecule has 1 aromatic heterocycles. The second-order valence-electron chi connectivity index (χ2n) is 4.01. The second-order valence-corrected chi connectivity index (χ2v) is 4.86. The van der Waals surface area contributed by atoms with Crippen LogP contribution in [0.2, 0.25) is 0 Å². The number of hydrogen-bond donors (Lipinski definition) is 2. The van der Waals surface area contributed by atoms with Gasteiger partial charge in [-0.05, 0) is 12.5 Å². The Morgan fingerprint density at radius 3 is 2.95 bits per heavy atom. The van der Waals surface area contributed by atoms with Crippen LogP contribution < -0.4 is 5.32 Å². The van der Waals surface area contributed by atoms with Crippen LogP contribution in [0.5, 0.6) is 0 Å². The molecule has 2 rings (SSSR count). The van der Waals surface area contributed by atoms with E-state index < -0.39 is 10.9 Å². The van der Waals surface area contributed by atoms with Crippen molar-refractivity contribution >= 4 is 28.0 Å². The summed E-state index contributed by atoms with van der Waals surface area (Å²) in [5.41, 5.74) is 2.74. The van der Waals surface area contributed by atoms with Gasteiger partial charge in [0.1, 0.15) is 5.00 Å². The molecule has 104 valence electrons. The van der Waals surface area contributed by atoms with Crippen molar-refractivity contribution in [1.29, 1.82) is 0 Å². The zero-order valence-electron chi connectivity index (χ0n) is 10.5. The Hall–Kier alpha value is -2.48. The predicted octanol–water partition coefficient (Wildman–Crippen LogP) is 2.67. The van der Waals surface area contributed by atoms with Crippen molar-refractivity contribution in [3.63, 3.8) is 0 Å². The van der Waals surface area contributed by atoms with Crippen molar-refractivity contribution in [2.24, 2.45) is 0 Å². The van der Waals surface area contributed by atoms with Crippen LogP contribution in [-0.2, 0) is 6.54 Å². The van der Waals surface area contributed by atoms with Gasteiger partial charge in [0.05, 0.1) is 10.4 Å². The maximum absolute atomic E-state index is 10.9. The van der Waals surface area contributed by atoms with E-state index in [0.29, 0.717) is 17.1 Å². The lowest BCUT2D eigenvalue weighted by Gasteiger charge is -2.08. The van der Waals surface area contributed by atoms with Crippen LogP contribution in [0.1, 0.15) is 21.6 Å². The number of nitro benzene ring substituents is 1. The number of thiazole rings is 1. The van der Waals surface area contributed by atoms with Gasteiger partial charge in [0, 0.05) is 18.2 Å². The Kier molecular flexibility index (Phi) is 3.94. The summed E-state index contributed by atoms with van der Waals surface area (Å²) >= 11 is 1.18. The van der Waals surface area contributed by atoms with Gasteiger partial charge in [-0.2, -0.15) is 0 Å². The van der Waals surface area contributed by atoms with Crippen LogP contribution in [0.4, 0.5) is 10.7 Å². The van der Waals surface area contributed by atoms with Crippen molar-refractivity contribution in [2.45, 2.75) is 13.5 Å². The fraction of sp³-hybridized carbons (Fsp3) is 0.167. The van der Waals surface area contributed by atoms with E-state index in [4.69, 9.17) is 5.11 Å².